The molecule has 0 spiro atoms. The van der Waals surface area contributed by atoms with Crippen LogP contribution in [-0.2, 0) is 6.18 Å². The van der Waals surface area contributed by atoms with Gasteiger partial charge in [-0.2, -0.15) is 13.2 Å². The van der Waals surface area contributed by atoms with E-state index in [-0.39, 0.29) is 12.0 Å². The first-order valence-corrected chi connectivity index (χ1v) is 4.46. The molecule has 1 saturated heterocycles. The van der Waals surface area contributed by atoms with E-state index < -0.39 is 11.7 Å². The molecule has 1 fully saturated rings. The predicted molar refractivity (Wildman–Crippen MR) is 46.5 cm³/mol. The summed E-state index contributed by atoms with van der Waals surface area (Å²) in [5.41, 5.74) is -0.736. The highest BCUT2D eigenvalue weighted by molar-refractivity contribution is 5.23. The van der Waals surface area contributed by atoms with Gasteiger partial charge in [0.2, 0.25) is 5.88 Å². The normalized spacial score (nSPS) is 17.3. The summed E-state index contributed by atoms with van der Waals surface area (Å²) in [6.45, 7) is 1.30. The Morgan fingerprint density at radius 3 is 2.67 bits per heavy atom. The topological polar surface area (TPSA) is 34.1 Å². The molecule has 2 heterocycles. The molecule has 0 atom stereocenters. The third-order valence-electron chi connectivity index (χ3n) is 2.09. The lowest BCUT2D eigenvalue weighted by molar-refractivity contribution is -0.137. The Hall–Kier alpha value is -1.30. The van der Waals surface area contributed by atoms with E-state index in [1.807, 2.05) is 0 Å². The summed E-state index contributed by atoms with van der Waals surface area (Å²) in [5.74, 6) is 0.0244. The maximum Gasteiger partial charge on any atom is 0.416 e. The first kappa shape index (κ1) is 10.2. The highest BCUT2D eigenvalue weighted by Gasteiger charge is 2.31. The first-order valence-electron chi connectivity index (χ1n) is 4.46. The molecule has 2 rings (SSSR count). The van der Waals surface area contributed by atoms with Crippen molar-refractivity contribution in [3.05, 3.63) is 23.9 Å². The van der Waals surface area contributed by atoms with E-state index in [0.717, 1.165) is 18.3 Å². The highest BCUT2D eigenvalue weighted by atomic mass is 19.4. The SMILES string of the molecule is FC(F)(F)c1ccnc(OC2CNC2)c1. The third-order valence-corrected chi connectivity index (χ3v) is 2.09. The summed E-state index contributed by atoms with van der Waals surface area (Å²) in [7, 11) is 0. The number of halogens is 3. The van der Waals surface area contributed by atoms with Crippen LogP contribution in [0, 0.1) is 0 Å². The van der Waals surface area contributed by atoms with Crippen molar-refractivity contribution < 1.29 is 17.9 Å². The summed E-state index contributed by atoms with van der Waals surface area (Å²) in [5, 5.41) is 2.95. The molecule has 6 heteroatoms. The smallest absolute Gasteiger partial charge is 0.416 e. The van der Waals surface area contributed by atoms with Gasteiger partial charge in [-0.1, -0.05) is 0 Å². The maximum atomic E-state index is 12.3. The lowest BCUT2D eigenvalue weighted by atomic mass is 10.2. The van der Waals surface area contributed by atoms with Crippen LogP contribution in [0.2, 0.25) is 0 Å². The highest BCUT2D eigenvalue weighted by Crippen LogP contribution is 2.30. The van der Waals surface area contributed by atoms with Gasteiger partial charge in [0.05, 0.1) is 5.56 Å². The van der Waals surface area contributed by atoms with Crippen LogP contribution in [0.25, 0.3) is 0 Å². The van der Waals surface area contributed by atoms with Gasteiger partial charge in [-0.3, -0.25) is 0 Å². The zero-order chi connectivity index (χ0) is 10.9. The summed E-state index contributed by atoms with van der Waals surface area (Å²) in [6.07, 6.45) is -3.32. The number of nitrogens with zero attached hydrogens (tertiary/aromatic N) is 1. The minimum absolute atomic E-state index is 0.0244. The van der Waals surface area contributed by atoms with E-state index in [9.17, 15) is 13.2 Å². The Bertz CT molecular complexity index is 349. The molecule has 15 heavy (non-hydrogen) atoms. The van der Waals surface area contributed by atoms with Crippen LogP contribution in [0.4, 0.5) is 13.2 Å². The summed E-state index contributed by atoms with van der Waals surface area (Å²) in [4.78, 5) is 3.72. The summed E-state index contributed by atoms with van der Waals surface area (Å²) >= 11 is 0. The molecule has 1 aromatic heterocycles. The molecule has 1 N–H and O–H groups in total. The molecule has 0 amide bonds. The van der Waals surface area contributed by atoms with Crippen LogP contribution < -0.4 is 10.1 Å². The van der Waals surface area contributed by atoms with Crippen LogP contribution in [-0.4, -0.2) is 24.2 Å². The Kier molecular flexibility index (Phi) is 2.52. The summed E-state index contributed by atoms with van der Waals surface area (Å²) in [6, 6.07) is 1.84. The van der Waals surface area contributed by atoms with Crippen molar-refractivity contribution >= 4 is 0 Å². The Morgan fingerprint density at radius 1 is 1.40 bits per heavy atom. The van der Waals surface area contributed by atoms with Crippen LogP contribution in [0.3, 0.4) is 0 Å². The molecule has 0 aliphatic carbocycles. The number of pyridine rings is 1. The minimum atomic E-state index is -4.35. The standard InChI is InChI=1S/C9H9F3N2O/c10-9(11,12)6-1-2-14-8(3-6)15-7-4-13-5-7/h1-3,7,13H,4-5H2. The first-order chi connectivity index (χ1) is 7.05. The molecule has 1 aliphatic heterocycles. The Balaban J connectivity index is 2.11. The molecule has 0 saturated carbocycles. The quantitative estimate of drug-likeness (QED) is 0.815. The largest absolute Gasteiger partial charge is 0.472 e. The molecule has 0 radical (unpaired) electrons. The van der Waals surface area contributed by atoms with Crippen molar-refractivity contribution in [3.63, 3.8) is 0 Å². The van der Waals surface area contributed by atoms with Gasteiger partial charge < -0.3 is 10.1 Å². The van der Waals surface area contributed by atoms with Gasteiger partial charge in [0.25, 0.3) is 0 Å². The van der Waals surface area contributed by atoms with Crippen molar-refractivity contribution in [2.75, 3.05) is 13.1 Å². The second-order valence-electron chi connectivity index (χ2n) is 3.28. The zero-order valence-electron chi connectivity index (χ0n) is 7.71. The second-order valence-corrected chi connectivity index (χ2v) is 3.28. The summed E-state index contributed by atoms with van der Waals surface area (Å²) < 4.78 is 42.1. The molecule has 1 aliphatic rings. The van der Waals surface area contributed by atoms with Gasteiger partial charge in [-0.15, -0.1) is 0 Å². The van der Waals surface area contributed by atoms with Gasteiger partial charge in [0.1, 0.15) is 6.10 Å². The van der Waals surface area contributed by atoms with E-state index in [0.29, 0.717) is 13.1 Å². The number of alkyl halides is 3. The lowest BCUT2D eigenvalue weighted by Gasteiger charge is -2.27. The van der Waals surface area contributed by atoms with Crippen LogP contribution >= 0.6 is 0 Å². The number of aromatic nitrogens is 1. The van der Waals surface area contributed by atoms with Gasteiger partial charge >= 0.3 is 6.18 Å². The fourth-order valence-corrected chi connectivity index (χ4v) is 1.17. The number of rotatable bonds is 2. The maximum absolute atomic E-state index is 12.3. The van der Waals surface area contributed by atoms with E-state index in [1.165, 1.54) is 0 Å². The molecule has 3 nitrogen and oxygen atoms in total. The Morgan fingerprint density at radius 2 is 2.13 bits per heavy atom. The van der Waals surface area contributed by atoms with Gasteiger partial charge in [0, 0.05) is 25.4 Å². The van der Waals surface area contributed by atoms with Crippen molar-refractivity contribution in [3.8, 4) is 5.88 Å². The van der Waals surface area contributed by atoms with E-state index in [4.69, 9.17) is 4.74 Å². The number of nitrogens with one attached hydrogen (secondary N) is 1. The number of ether oxygens (including phenoxy) is 1. The minimum Gasteiger partial charge on any atom is -0.472 e. The zero-order valence-corrected chi connectivity index (χ0v) is 7.71. The van der Waals surface area contributed by atoms with Crippen LogP contribution in [0.1, 0.15) is 5.56 Å². The molecule has 0 aromatic carbocycles. The van der Waals surface area contributed by atoms with E-state index in [1.54, 1.807) is 0 Å². The van der Waals surface area contributed by atoms with Crippen molar-refractivity contribution in [2.24, 2.45) is 0 Å². The van der Waals surface area contributed by atoms with Crippen LogP contribution in [0.5, 0.6) is 5.88 Å². The van der Waals surface area contributed by atoms with Crippen LogP contribution in [0.15, 0.2) is 18.3 Å². The average molecular weight is 218 g/mol. The van der Waals surface area contributed by atoms with Crippen molar-refractivity contribution in [1.29, 1.82) is 0 Å². The molecule has 0 bridgehead atoms. The third kappa shape index (κ3) is 2.38. The predicted octanol–water partition coefficient (Wildman–Crippen LogP) is 1.45. The number of hydrogen-bond acceptors (Lipinski definition) is 3. The van der Waals surface area contributed by atoms with Crippen molar-refractivity contribution in [2.45, 2.75) is 12.3 Å². The van der Waals surface area contributed by atoms with E-state index >= 15 is 0 Å². The fourth-order valence-electron chi connectivity index (χ4n) is 1.17. The molecular weight excluding hydrogens is 209 g/mol. The average Bonchev–Trinajstić information content (AvgIpc) is 2.11. The number of hydrogen-bond donors (Lipinski definition) is 1. The Labute approximate surface area is 84.3 Å². The molecular formula is C9H9F3N2O. The van der Waals surface area contributed by atoms with Crippen molar-refractivity contribution in [1.82, 2.24) is 10.3 Å². The molecule has 82 valence electrons. The van der Waals surface area contributed by atoms with Gasteiger partial charge in [0.15, 0.2) is 0 Å². The molecule has 1 aromatic rings. The van der Waals surface area contributed by atoms with Gasteiger partial charge in [-0.05, 0) is 6.07 Å². The molecule has 0 unspecified atom stereocenters. The second kappa shape index (κ2) is 3.69. The monoisotopic (exact) mass is 218 g/mol. The lowest BCUT2D eigenvalue weighted by Crippen LogP contribution is -2.50. The fraction of sp³-hybridized carbons (Fsp3) is 0.444. The van der Waals surface area contributed by atoms with Gasteiger partial charge in [-0.25, -0.2) is 4.98 Å². The van der Waals surface area contributed by atoms with E-state index in [2.05, 4.69) is 10.3 Å².